The van der Waals surface area contributed by atoms with Gasteiger partial charge in [-0.15, -0.1) is 0 Å². The molecular weight excluding hydrogens is 142 g/mol. The van der Waals surface area contributed by atoms with Crippen molar-refractivity contribution in [2.24, 2.45) is 5.73 Å². The molecule has 0 unspecified atom stereocenters. The fourth-order valence-corrected chi connectivity index (χ4v) is 0.581. The monoisotopic (exact) mass is 159 g/mol. The second-order valence-electron chi connectivity index (χ2n) is 2.35. The highest BCUT2D eigenvalue weighted by atomic mass is 16.5. The van der Waals surface area contributed by atoms with Gasteiger partial charge in [-0.1, -0.05) is 6.58 Å². The number of hydrogen-bond acceptors (Lipinski definition) is 3. The van der Waals surface area contributed by atoms with Crippen LogP contribution in [0.1, 0.15) is 6.42 Å². The van der Waals surface area contributed by atoms with Crippen molar-refractivity contribution in [2.75, 3.05) is 33.5 Å². The van der Waals surface area contributed by atoms with E-state index in [1.54, 1.807) is 7.11 Å². The van der Waals surface area contributed by atoms with Crippen molar-refractivity contribution < 1.29 is 9.47 Å². The molecule has 0 aromatic carbocycles. The lowest BCUT2D eigenvalue weighted by Crippen LogP contribution is -2.09. The molecule has 0 saturated heterocycles. The zero-order valence-corrected chi connectivity index (χ0v) is 7.14. The zero-order valence-electron chi connectivity index (χ0n) is 7.14. The van der Waals surface area contributed by atoms with Gasteiger partial charge in [-0.05, 0) is 12.0 Å². The lowest BCUT2D eigenvalue weighted by molar-refractivity contribution is 0.116. The van der Waals surface area contributed by atoms with E-state index in [4.69, 9.17) is 15.2 Å². The Balaban J connectivity index is 2.95. The Morgan fingerprint density at radius 2 is 2.18 bits per heavy atom. The Morgan fingerprint density at radius 3 is 2.73 bits per heavy atom. The van der Waals surface area contributed by atoms with Gasteiger partial charge in [-0.25, -0.2) is 0 Å². The Bertz CT molecular complexity index is 104. The van der Waals surface area contributed by atoms with E-state index in [0.29, 0.717) is 19.8 Å². The number of methoxy groups -OCH3 is 1. The molecule has 0 aliphatic carbocycles. The lowest BCUT2D eigenvalue weighted by atomic mass is 10.3. The molecule has 3 nitrogen and oxygen atoms in total. The second kappa shape index (κ2) is 7.72. The van der Waals surface area contributed by atoms with Gasteiger partial charge in [0.1, 0.15) is 0 Å². The minimum atomic E-state index is 0.504. The summed E-state index contributed by atoms with van der Waals surface area (Å²) in [6.45, 7) is 6.24. The summed E-state index contributed by atoms with van der Waals surface area (Å²) in [5.41, 5.74) is 6.24. The normalized spacial score (nSPS) is 10.0. The Kier molecular flexibility index (Phi) is 7.46. The van der Waals surface area contributed by atoms with Gasteiger partial charge in [0.15, 0.2) is 0 Å². The predicted molar refractivity (Wildman–Crippen MR) is 45.5 cm³/mol. The van der Waals surface area contributed by atoms with Gasteiger partial charge >= 0.3 is 0 Å². The van der Waals surface area contributed by atoms with Crippen molar-refractivity contribution >= 4 is 0 Å². The maximum atomic E-state index is 5.31. The largest absolute Gasteiger partial charge is 0.385 e. The van der Waals surface area contributed by atoms with Crippen molar-refractivity contribution in [3.63, 3.8) is 0 Å². The minimum Gasteiger partial charge on any atom is -0.385 e. The van der Waals surface area contributed by atoms with Gasteiger partial charge in [0.2, 0.25) is 0 Å². The van der Waals surface area contributed by atoms with Crippen LogP contribution >= 0.6 is 0 Å². The predicted octanol–water partition coefficient (Wildman–Crippen LogP) is 0.554. The SMILES string of the molecule is C=C(CN)COCCCOC. The fourth-order valence-electron chi connectivity index (χ4n) is 0.581. The van der Waals surface area contributed by atoms with E-state index in [2.05, 4.69) is 6.58 Å². The molecule has 0 radical (unpaired) electrons. The van der Waals surface area contributed by atoms with E-state index < -0.39 is 0 Å². The Hall–Kier alpha value is -0.380. The molecule has 0 aliphatic heterocycles. The molecule has 0 spiro atoms. The topological polar surface area (TPSA) is 44.5 Å². The molecule has 3 heteroatoms. The van der Waals surface area contributed by atoms with Crippen LogP contribution in [-0.2, 0) is 9.47 Å². The average Bonchev–Trinajstić information content (AvgIpc) is 2.04. The molecule has 0 rings (SSSR count). The van der Waals surface area contributed by atoms with Crippen LogP contribution in [0.2, 0.25) is 0 Å². The quantitative estimate of drug-likeness (QED) is 0.436. The summed E-state index contributed by atoms with van der Waals surface area (Å²) in [7, 11) is 1.68. The van der Waals surface area contributed by atoms with Crippen molar-refractivity contribution in [3.05, 3.63) is 12.2 Å². The molecule has 0 aromatic rings. The van der Waals surface area contributed by atoms with Crippen LogP contribution in [0.15, 0.2) is 12.2 Å². The van der Waals surface area contributed by atoms with Gasteiger partial charge in [-0.3, -0.25) is 0 Å². The Morgan fingerprint density at radius 1 is 1.45 bits per heavy atom. The number of rotatable bonds is 7. The van der Waals surface area contributed by atoms with E-state index >= 15 is 0 Å². The summed E-state index contributed by atoms with van der Waals surface area (Å²) >= 11 is 0. The third-order valence-electron chi connectivity index (χ3n) is 1.23. The van der Waals surface area contributed by atoms with Crippen LogP contribution in [0.4, 0.5) is 0 Å². The first-order chi connectivity index (χ1) is 5.31. The smallest absolute Gasteiger partial charge is 0.0686 e. The fraction of sp³-hybridized carbons (Fsp3) is 0.750. The van der Waals surface area contributed by atoms with Crippen molar-refractivity contribution in [2.45, 2.75) is 6.42 Å². The summed E-state index contributed by atoms with van der Waals surface area (Å²) in [6, 6.07) is 0. The van der Waals surface area contributed by atoms with Crippen LogP contribution in [0, 0.1) is 0 Å². The van der Waals surface area contributed by atoms with E-state index in [1.807, 2.05) is 0 Å². The van der Waals surface area contributed by atoms with E-state index in [1.165, 1.54) is 0 Å². The minimum absolute atomic E-state index is 0.504. The summed E-state index contributed by atoms with van der Waals surface area (Å²) in [5.74, 6) is 0. The highest BCUT2D eigenvalue weighted by Crippen LogP contribution is 1.89. The first kappa shape index (κ1) is 10.6. The highest BCUT2D eigenvalue weighted by Gasteiger charge is 1.90. The number of hydrogen-bond donors (Lipinski definition) is 1. The second-order valence-corrected chi connectivity index (χ2v) is 2.35. The van der Waals surface area contributed by atoms with Crippen LogP contribution < -0.4 is 5.73 Å². The molecule has 0 atom stereocenters. The first-order valence-corrected chi connectivity index (χ1v) is 3.74. The van der Waals surface area contributed by atoms with Crippen LogP contribution in [0.3, 0.4) is 0 Å². The molecule has 0 amide bonds. The summed E-state index contributed by atoms with van der Waals surface area (Å²) in [4.78, 5) is 0. The van der Waals surface area contributed by atoms with Gasteiger partial charge in [-0.2, -0.15) is 0 Å². The van der Waals surface area contributed by atoms with E-state index in [0.717, 1.165) is 18.6 Å². The molecule has 0 aliphatic rings. The molecule has 0 fully saturated rings. The average molecular weight is 159 g/mol. The van der Waals surface area contributed by atoms with Crippen molar-refractivity contribution in [1.82, 2.24) is 0 Å². The van der Waals surface area contributed by atoms with Gasteiger partial charge in [0, 0.05) is 26.9 Å². The molecular formula is C8H17NO2. The van der Waals surface area contributed by atoms with E-state index in [9.17, 15) is 0 Å². The molecule has 0 saturated carbocycles. The van der Waals surface area contributed by atoms with Gasteiger partial charge in [0.05, 0.1) is 6.61 Å². The standard InChI is InChI=1S/C8H17NO2/c1-8(6-9)7-11-5-3-4-10-2/h1,3-7,9H2,2H3. The Labute approximate surface area is 68.2 Å². The van der Waals surface area contributed by atoms with Gasteiger partial charge in [0.25, 0.3) is 0 Å². The molecule has 0 heterocycles. The maximum absolute atomic E-state index is 5.31. The van der Waals surface area contributed by atoms with Crippen LogP contribution in [-0.4, -0.2) is 33.5 Å². The van der Waals surface area contributed by atoms with Crippen LogP contribution in [0.5, 0.6) is 0 Å². The number of nitrogens with two attached hydrogens (primary N) is 1. The lowest BCUT2D eigenvalue weighted by Gasteiger charge is -2.03. The third-order valence-corrected chi connectivity index (χ3v) is 1.23. The molecule has 0 bridgehead atoms. The van der Waals surface area contributed by atoms with Crippen molar-refractivity contribution in [3.8, 4) is 0 Å². The third kappa shape index (κ3) is 7.52. The van der Waals surface area contributed by atoms with Crippen molar-refractivity contribution in [1.29, 1.82) is 0 Å². The van der Waals surface area contributed by atoms with E-state index in [-0.39, 0.29) is 0 Å². The number of ether oxygens (including phenoxy) is 2. The molecule has 66 valence electrons. The summed E-state index contributed by atoms with van der Waals surface area (Å²) in [5, 5.41) is 0. The van der Waals surface area contributed by atoms with Gasteiger partial charge < -0.3 is 15.2 Å². The maximum Gasteiger partial charge on any atom is 0.0686 e. The highest BCUT2D eigenvalue weighted by molar-refractivity contribution is 4.95. The van der Waals surface area contributed by atoms with Crippen LogP contribution in [0.25, 0.3) is 0 Å². The molecule has 11 heavy (non-hydrogen) atoms. The first-order valence-electron chi connectivity index (χ1n) is 3.74. The summed E-state index contributed by atoms with van der Waals surface area (Å²) < 4.78 is 10.1. The molecule has 0 aromatic heterocycles. The summed E-state index contributed by atoms with van der Waals surface area (Å²) in [6.07, 6.45) is 0.925. The zero-order chi connectivity index (χ0) is 8.53. The molecule has 2 N–H and O–H groups in total.